The molecule has 0 aliphatic carbocycles. The fourth-order valence-electron chi connectivity index (χ4n) is 1.71. The number of nitrogens with one attached hydrogen (secondary N) is 1. The molecule has 90 valence electrons. The van der Waals surface area contributed by atoms with Crippen LogP contribution in [-0.4, -0.2) is 26.5 Å². The Balaban J connectivity index is 2.26. The predicted octanol–water partition coefficient (Wildman–Crippen LogP) is 2.38. The van der Waals surface area contributed by atoms with Gasteiger partial charge in [-0.15, -0.1) is 0 Å². The molecule has 0 amide bonds. The van der Waals surface area contributed by atoms with E-state index in [9.17, 15) is 0 Å². The topological polar surface area (TPSA) is 53.8 Å². The van der Waals surface area contributed by atoms with Crippen LogP contribution in [0.4, 0.5) is 0 Å². The Hall–Kier alpha value is -1.46. The number of aliphatic hydroxyl groups excluding tert-OH is 1. The third kappa shape index (κ3) is 2.81. The molecule has 0 unspecified atom stereocenters. The monoisotopic (exact) mass is 249 g/mol. The largest absolute Gasteiger partial charge is 0.396 e. The van der Waals surface area contributed by atoms with Gasteiger partial charge in [0.15, 0.2) is 10.6 Å². The Labute approximate surface area is 105 Å². The molecule has 2 rings (SSSR count). The van der Waals surface area contributed by atoms with Crippen molar-refractivity contribution in [2.45, 2.75) is 19.4 Å². The second-order valence-corrected chi connectivity index (χ2v) is 4.19. The van der Waals surface area contributed by atoms with E-state index in [1.807, 2.05) is 34.9 Å². The minimum Gasteiger partial charge on any atom is -0.396 e. The molecule has 4 nitrogen and oxygen atoms in total. The first-order valence-electron chi connectivity index (χ1n) is 5.64. The molecule has 1 heterocycles. The molecule has 2 N–H and O–H groups in total. The number of hydrogen-bond donors (Lipinski definition) is 2. The third-order valence-corrected chi connectivity index (χ3v) is 2.89. The molecule has 0 aliphatic rings. The molecule has 0 radical (unpaired) electrons. The maximum Gasteiger partial charge on any atom is 0.195 e. The van der Waals surface area contributed by atoms with Crippen molar-refractivity contribution in [2.24, 2.45) is 0 Å². The smallest absolute Gasteiger partial charge is 0.195 e. The van der Waals surface area contributed by atoms with Gasteiger partial charge in [0, 0.05) is 18.7 Å². The zero-order valence-electron chi connectivity index (χ0n) is 9.47. The van der Waals surface area contributed by atoms with Gasteiger partial charge in [-0.2, -0.15) is 5.10 Å². The number of hydrogen-bond acceptors (Lipinski definition) is 3. The van der Waals surface area contributed by atoms with Crippen molar-refractivity contribution >= 4 is 12.2 Å². The number of nitrogens with zero attached hydrogens (tertiary/aromatic N) is 2. The zero-order valence-corrected chi connectivity index (χ0v) is 10.3. The summed E-state index contributed by atoms with van der Waals surface area (Å²) in [4.78, 5) is 0. The number of aromatic amines is 1. The van der Waals surface area contributed by atoms with E-state index in [1.165, 1.54) is 0 Å². The zero-order chi connectivity index (χ0) is 12.1. The number of unbranched alkanes of at least 4 members (excludes halogenated alkanes) is 1. The standard InChI is InChI=1S/C12H15N3OS/c16-9-5-4-8-15-11(13-14-12(15)17)10-6-2-1-3-7-10/h1-3,6-7,16H,4-5,8-9H2,(H,14,17). The van der Waals surface area contributed by atoms with Gasteiger partial charge in [-0.25, -0.2) is 0 Å². The Morgan fingerprint density at radius 1 is 1.24 bits per heavy atom. The molecule has 2 aromatic rings. The van der Waals surface area contributed by atoms with Crippen LogP contribution < -0.4 is 0 Å². The fourth-order valence-corrected chi connectivity index (χ4v) is 1.94. The Morgan fingerprint density at radius 2 is 2.00 bits per heavy atom. The summed E-state index contributed by atoms with van der Waals surface area (Å²) in [6.45, 7) is 0.992. The van der Waals surface area contributed by atoms with Crippen LogP contribution in [0.1, 0.15) is 12.8 Å². The lowest BCUT2D eigenvalue weighted by Gasteiger charge is -2.05. The first-order chi connectivity index (χ1) is 8.33. The van der Waals surface area contributed by atoms with Crippen LogP contribution in [0.3, 0.4) is 0 Å². The summed E-state index contributed by atoms with van der Waals surface area (Å²) in [5.74, 6) is 0.855. The SMILES string of the molecule is OCCCCn1c(-c2ccccc2)n[nH]c1=S. The first kappa shape index (κ1) is 12.0. The maximum atomic E-state index is 8.79. The third-order valence-electron chi connectivity index (χ3n) is 2.58. The number of H-pyrrole nitrogens is 1. The van der Waals surface area contributed by atoms with Crippen LogP contribution in [0.5, 0.6) is 0 Å². The summed E-state index contributed by atoms with van der Waals surface area (Å²) in [5, 5.41) is 15.9. The Kier molecular flexibility index (Phi) is 4.06. The molecule has 5 heteroatoms. The molecule has 0 bridgehead atoms. The second kappa shape index (κ2) is 5.75. The van der Waals surface area contributed by atoms with E-state index in [0.29, 0.717) is 4.77 Å². The van der Waals surface area contributed by atoms with Crippen molar-refractivity contribution in [3.63, 3.8) is 0 Å². The van der Waals surface area contributed by atoms with Gasteiger partial charge in [0.1, 0.15) is 0 Å². The molecule has 0 saturated carbocycles. The first-order valence-corrected chi connectivity index (χ1v) is 6.05. The van der Waals surface area contributed by atoms with Crippen LogP contribution in [0.15, 0.2) is 30.3 Å². The van der Waals surface area contributed by atoms with Crippen LogP contribution >= 0.6 is 12.2 Å². The lowest BCUT2D eigenvalue weighted by molar-refractivity contribution is 0.281. The quantitative estimate of drug-likeness (QED) is 0.632. The van der Waals surface area contributed by atoms with E-state index in [-0.39, 0.29) is 6.61 Å². The predicted molar refractivity (Wildman–Crippen MR) is 69.2 cm³/mol. The van der Waals surface area contributed by atoms with E-state index in [4.69, 9.17) is 17.3 Å². The molecule has 0 aliphatic heterocycles. The number of aromatic nitrogens is 3. The molecular weight excluding hydrogens is 234 g/mol. The van der Waals surface area contributed by atoms with E-state index >= 15 is 0 Å². The molecule has 0 saturated heterocycles. The van der Waals surface area contributed by atoms with Gasteiger partial charge >= 0.3 is 0 Å². The van der Waals surface area contributed by atoms with Crippen LogP contribution in [-0.2, 0) is 6.54 Å². The fraction of sp³-hybridized carbons (Fsp3) is 0.333. The van der Waals surface area contributed by atoms with Gasteiger partial charge in [0.25, 0.3) is 0 Å². The number of rotatable bonds is 5. The van der Waals surface area contributed by atoms with E-state index < -0.39 is 0 Å². The van der Waals surface area contributed by atoms with E-state index in [1.54, 1.807) is 0 Å². The van der Waals surface area contributed by atoms with Crippen molar-refractivity contribution in [3.05, 3.63) is 35.1 Å². The van der Waals surface area contributed by atoms with Gasteiger partial charge < -0.3 is 9.67 Å². The van der Waals surface area contributed by atoms with Gasteiger partial charge in [-0.3, -0.25) is 5.10 Å². The highest BCUT2D eigenvalue weighted by molar-refractivity contribution is 7.71. The van der Waals surface area contributed by atoms with Gasteiger partial charge in [0.05, 0.1) is 0 Å². The van der Waals surface area contributed by atoms with E-state index in [0.717, 1.165) is 30.8 Å². The van der Waals surface area contributed by atoms with Crippen molar-refractivity contribution in [2.75, 3.05) is 6.61 Å². The summed E-state index contributed by atoms with van der Waals surface area (Å²) in [6.07, 6.45) is 1.67. The molecular formula is C12H15N3OS. The summed E-state index contributed by atoms with van der Waals surface area (Å²) in [6, 6.07) is 9.94. The summed E-state index contributed by atoms with van der Waals surface area (Å²) in [5.41, 5.74) is 1.05. The van der Waals surface area contributed by atoms with Crippen molar-refractivity contribution in [1.82, 2.24) is 14.8 Å². The highest BCUT2D eigenvalue weighted by Crippen LogP contribution is 2.17. The summed E-state index contributed by atoms with van der Waals surface area (Å²) in [7, 11) is 0. The van der Waals surface area contributed by atoms with Crippen LogP contribution in [0, 0.1) is 4.77 Å². The molecule has 0 spiro atoms. The molecule has 1 aromatic heterocycles. The van der Waals surface area contributed by atoms with Crippen molar-refractivity contribution < 1.29 is 5.11 Å². The molecule has 0 fully saturated rings. The van der Waals surface area contributed by atoms with Crippen LogP contribution in [0.25, 0.3) is 11.4 Å². The van der Waals surface area contributed by atoms with E-state index in [2.05, 4.69) is 10.2 Å². The number of benzene rings is 1. The Morgan fingerprint density at radius 3 is 2.71 bits per heavy atom. The molecule has 17 heavy (non-hydrogen) atoms. The average molecular weight is 249 g/mol. The normalized spacial score (nSPS) is 10.6. The van der Waals surface area contributed by atoms with Gasteiger partial charge in [-0.05, 0) is 25.1 Å². The molecule has 1 aromatic carbocycles. The Bertz CT molecular complexity index is 518. The summed E-state index contributed by atoms with van der Waals surface area (Å²) < 4.78 is 2.60. The van der Waals surface area contributed by atoms with Gasteiger partial charge in [0.2, 0.25) is 0 Å². The van der Waals surface area contributed by atoms with Gasteiger partial charge in [-0.1, -0.05) is 30.3 Å². The van der Waals surface area contributed by atoms with Crippen molar-refractivity contribution in [1.29, 1.82) is 0 Å². The minimum atomic E-state index is 0.214. The van der Waals surface area contributed by atoms with Crippen LogP contribution in [0.2, 0.25) is 0 Å². The minimum absolute atomic E-state index is 0.214. The second-order valence-electron chi connectivity index (χ2n) is 3.80. The molecule has 0 atom stereocenters. The van der Waals surface area contributed by atoms with Crippen molar-refractivity contribution in [3.8, 4) is 11.4 Å². The average Bonchev–Trinajstić information content (AvgIpc) is 2.73. The highest BCUT2D eigenvalue weighted by atomic mass is 32.1. The summed E-state index contributed by atoms with van der Waals surface area (Å²) >= 11 is 5.20. The lowest BCUT2D eigenvalue weighted by atomic mass is 10.2. The number of aliphatic hydroxyl groups is 1. The lowest BCUT2D eigenvalue weighted by Crippen LogP contribution is -2.01. The highest BCUT2D eigenvalue weighted by Gasteiger charge is 2.07. The maximum absolute atomic E-state index is 8.79.